The van der Waals surface area contributed by atoms with E-state index in [1.807, 2.05) is 54.6 Å². The van der Waals surface area contributed by atoms with Crippen molar-refractivity contribution in [2.75, 3.05) is 0 Å². The Labute approximate surface area is 220 Å². The minimum Gasteiger partial charge on any atom is -0.478 e. The predicted molar refractivity (Wildman–Crippen MR) is 152 cm³/mol. The van der Waals surface area contributed by atoms with E-state index in [9.17, 15) is 9.90 Å². The molecule has 176 valence electrons. The summed E-state index contributed by atoms with van der Waals surface area (Å²) in [5.41, 5.74) is 3.16. The maximum absolute atomic E-state index is 11.9. The minimum atomic E-state index is -0.978. The molecule has 1 heterocycles. The average molecular weight is 553 g/mol. The number of fused-ring (bicyclic) bond motifs is 4. The minimum absolute atomic E-state index is 0.302. The van der Waals surface area contributed by atoms with Gasteiger partial charge in [0.2, 0.25) is 0 Å². The molecule has 0 aliphatic heterocycles. The number of rotatable bonds is 6. The molecule has 5 aromatic carbocycles. The molecule has 1 atom stereocenters. The number of ether oxygens (including phenoxy) is 1. The van der Waals surface area contributed by atoms with Crippen molar-refractivity contribution in [3.05, 3.63) is 113 Å². The van der Waals surface area contributed by atoms with Crippen molar-refractivity contribution in [3.63, 3.8) is 0 Å². The quantitative estimate of drug-likeness (QED) is 0.224. The highest BCUT2D eigenvalue weighted by molar-refractivity contribution is 9.11. The van der Waals surface area contributed by atoms with Gasteiger partial charge in [-0.1, -0.05) is 84.9 Å². The van der Waals surface area contributed by atoms with Crippen LogP contribution in [0.5, 0.6) is 5.75 Å². The summed E-state index contributed by atoms with van der Waals surface area (Å²) in [6.45, 7) is 0. The summed E-state index contributed by atoms with van der Waals surface area (Å²) < 4.78 is 9.50. The number of benzene rings is 5. The van der Waals surface area contributed by atoms with Crippen LogP contribution in [0.3, 0.4) is 0 Å². The molecule has 6 rings (SSSR count). The molecule has 0 spiro atoms. The van der Waals surface area contributed by atoms with E-state index in [0.29, 0.717) is 12.2 Å². The summed E-state index contributed by atoms with van der Waals surface area (Å²) >= 11 is 5.67. The molecular formula is C31H21BrO3S. The number of halogens is 1. The predicted octanol–water partition coefficient (Wildman–Crippen LogP) is 8.71. The van der Waals surface area contributed by atoms with Crippen molar-refractivity contribution in [1.29, 1.82) is 0 Å². The van der Waals surface area contributed by atoms with Crippen molar-refractivity contribution in [2.45, 2.75) is 12.5 Å². The van der Waals surface area contributed by atoms with Crippen LogP contribution < -0.4 is 4.74 Å². The zero-order valence-corrected chi connectivity index (χ0v) is 21.6. The van der Waals surface area contributed by atoms with Gasteiger partial charge in [0.15, 0.2) is 6.10 Å². The van der Waals surface area contributed by atoms with Gasteiger partial charge in [0.05, 0.1) is 4.70 Å². The number of hydrogen-bond donors (Lipinski definition) is 1. The Balaban J connectivity index is 1.44. The lowest BCUT2D eigenvalue weighted by Gasteiger charge is -2.16. The summed E-state index contributed by atoms with van der Waals surface area (Å²) in [4.78, 5) is 11.9. The van der Waals surface area contributed by atoms with E-state index in [2.05, 4.69) is 64.5 Å². The highest BCUT2D eigenvalue weighted by atomic mass is 79.9. The van der Waals surface area contributed by atoms with Gasteiger partial charge in [0.25, 0.3) is 0 Å². The van der Waals surface area contributed by atoms with Crippen LogP contribution in [0.25, 0.3) is 42.1 Å². The second kappa shape index (κ2) is 9.41. The Morgan fingerprint density at radius 3 is 2.17 bits per heavy atom. The van der Waals surface area contributed by atoms with Crippen molar-refractivity contribution >= 4 is 64.2 Å². The monoisotopic (exact) mass is 552 g/mol. The summed E-state index contributed by atoms with van der Waals surface area (Å²) in [5, 5.41) is 14.5. The van der Waals surface area contributed by atoms with Crippen molar-refractivity contribution in [2.24, 2.45) is 0 Å². The SMILES string of the molecule is O=C(O)[C@H](Cc1ccccc1)Oc1ccc(-c2c3ccccc3c(Br)c3sc4ccccc4c23)cc1. The third kappa shape index (κ3) is 4.04. The molecule has 0 radical (unpaired) electrons. The first kappa shape index (κ1) is 22.8. The van der Waals surface area contributed by atoms with Gasteiger partial charge in [-0.25, -0.2) is 4.79 Å². The zero-order chi connectivity index (χ0) is 24.6. The second-order valence-corrected chi connectivity index (χ2v) is 10.5. The van der Waals surface area contributed by atoms with E-state index in [4.69, 9.17) is 4.74 Å². The van der Waals surface area contributed by atoms with Crippen LogP contribution in [0.2, 0.25) is 0 Å². The molecule has 1 N–H and O–H groups in total. The molecule has 0 bridgehead atoms. The molecule has 6 aromatic rings. The molecule has 0 unspecified atom stereocenters. The third-order valence-electron chi connectivity index (χ3n) is 6.44. The third-order valence-corrected chi connectivity index (χ3v) is 8.71. The average Bonchev–Trinajstić information content (AvgIpc) is 3.30. The molecule has 0 saturated carbocycles. The molecule has 0 aliphatic carbocycles. The standard InChI is InChI=1S/C31H21BrO3S/c32-29-23-11-5-4-10-22(23)27(28-24-12-6-7-13-26(24)36-30(28)29)20-14-16-21(17-15-20)35-25(31(33)34)18-19-8-2-1-3-9-19/h1-17,25H,18H2,(H,33,34)/t25-/m0/s1. The van der Waals surface area contributed by atoms with Crippen LogP contribution in [0, 0.1) is 0 Å². The fourth-order valence-corrected chi connectivity index (χ4v) is 6.72. The number of carboxylic acids is 1. The Kier molecular flexibility index (Phi) is 5.96. The van der Waals surface area contributed by atoms with E-state index >= 15 is 0 Å². The number of carboxylic acid groups (broad SMARTS) is 1. The van der Waals surface area contributed by atoms with E-state index in [-0.39, 0.29) is 0 Å². The Morgan fingerprint density at radius 2 is 1.44 bits per heavy atom. The molecule has 5 heteroatoms. The smallest absolute Gasteiger partial charge is 0.345 e. The maximum Gasteiger partial charge on any atom is 0.345 e. The molecule has 3 nitrogen and oxygen atoms in total. The fraction of sp³-hybridized carbons (Fsp3) is 0.0645. The van der Waals surface area contributed by atoms with E-state index in [0.717, 1.165) is 15.6 Å². The van der Waals surface area contributed by atoms with Crippen molar-refractivity contribution in [3.8, 4) is 16.9 Å². The zero-order valence-electron chi connectivity index (χ0n) is 19.1. The van der Waals surface area contributed by atoms with Gasteiger partial charge in [-0.2, -0.15) is 0 Å². The lowest BCUT2D eigenvalue weighted by Crippen LogP contribution is -2.29. The molecule has 0 aliphatic rings. The summed E-state index contributed by atoms with van der Waals surface area (Å²) in [6, 6.07) is 34.3. The molecule has 0 amide bonds. The maximum atomic E-state index is 11.9. The van der Waals surface area contributed by atoms with Gasteiger partial charge >= 0.3 is 5.97 Å². The number of aliphatic carboxylic acids is 1. The molecule has 1 aromatic heterocycles. The van der Waals surface area contributed by atoms with Crippen LogP contribution in [-0.2, 0) is 11.2 Å². The summed E-state index contributed by atoms with van der Waals surface area (Å²) in [5.74, 6) is -0.441. The van der Waals surface area contributed by atoms with Gasteiger partial charge in [-0.05, 0) is 61.6 Å². The molecule has 0 fully saturated rings. The lowest BCUT2D eigenvalue weighted by molar-refractivity contribution is -0.145. The van der Waals surface area contributed by atoms with Crippen LogP contribution in [0.1, 0.15) is 5.56 Å². The molecule has 0 saturated heterocycles. The Morgan fingerprint density at radius 1 is 0.806 bits per heavy atom. The first-order chi connectivity index (χ1) is 17.6. The topological polar surface area (TPSA) is 46.5 Å². The van der Waals surface area contributed by atoms with Gasteiger partial charge < -0.3 is 9.84 Å². The number of carbonyl (C=O) groups is 1. The van der Waals surface area contributed by atoms with Gasteiger partial charge in [0.1, 0.15) is 5.75 Å². The second-order valence-electron chi connectivity index (χ2n) is 8.70. The van der Waals surface area contributed by atoms with Crippen molar-refractivity contribution in [1.82, 2.24) is 0 Å². The highest BCUT2D eigenvalue weighted by Gasteiger charge is 2.21. The van der Waals surface area contributed by atoms with E-state index in [1.54, 1.807) is 11.3 Å². The largest absolute Gasteiger partial charge is 0.478 e. The Bertz CT molecular complexity index is 1720. The van der Waals surface area contributed by atoms with Crippen LogP contribution in [0.4, 0.5) is 0 Å². The first-order valence-electron chi connectivity index (χ1n) is 11.7. The Hall–Kier alpha value is -3.67. The van der Waals surface area contributed by atoms with Crippen LogP contribution >= 0.6 is 27.3 Å². The van der Waals surface area contributed by atoms with Crippen molar-refractivity contribution < 1.29 is 14.6 Å². The normalized spacial score (nSPS) is 12.2. The summed E-state index contributed by atoms with van der Waals surface area (Å²) in [6.07, 6.45) is -0.657. The summed E-state index contributed by atoms with van der Waals surface area (Å²) in [7, 11) is 0. The van der Waals surface area contributed by atoms with E-state index < -0.39 is 12.1 Å². The van der Waals surface area contributed by atoms with Gasteiger partial charge in [0, 0.05) is 26.4 Å². The number of thiophene rings is 1. The van der Waals surface area contributed by atoms with Crippen LogP contribution in [-0.4, -0.2) is 17.2 Å². The molecule has 36 heavy (non-hydrogen) atoms. The molecular weight excluding hydrogens is 532 g/mol. The first-order valence-corrected chi connectivity index (χ1v) is 13.3. The van der Waals surface area contributed by atoms with E-state index in [1.165, 1.54) is 36.5 Å². The van der Waals surface area contributed by atoms with Gasteiger partial charge in [-0.3, -0.25) is 0 Å². The van der Waals surface area contributed by atoms with Crippen LogP contribution in [0.15, 0.2) is 108 Å². The highest BCUT2D eigenvalue weighted by Crippen LogP contribution is 2.48. The van der Waals surface area contributed by atoms with Gasteiger partial charge in [-0.15, -0.1) is 11.3 Å². The fourth-order valence-electron chi connectivity index (χ4n) is 4.77. The number of hydrogen-bond acceptors (Lipinski definition) is 3. The lowest BCUT2D eigenvalue weighted by atomic mass is 9.93.